The quantitative estimate of drug-likeness (QED) is 0.310. The van der Waals surface area contributed by atoms with E-state index in [2.05, 4.69) is 0 Å². The van der Waals surface area contributed by atoms with Crippen molar-refractivity contribution in [1.29, 1.82) is 0 Å². The van der Waals surface area contributed by atoms with E-state index >= 15 is 0 Å². The summed E-state index contributed by atoms with van der Waals surface area (Å²) < 4.78 is 8.55. The molecule has 11 heavy (non-hydrogen) atoms. The Hall–Kier alpha value is 1.67. The molecule has 0 aliphatic rings. The molecule has 0 heterocycles. The van der Waals surface area contributed by atoms with Gasteiger partial charge in [0.1, 0.15) is 0 Å². The van der Waals surface area contributed by atoms with Crippen LogP contribution in [0.3, 0.4) is 0 Å². The van der Waals surface area contributed by atoms with Gasteiger partial charge in [0.15, 0.2) is 0 Å². The van der Waals surface area contributed by atoms with Crippen LogP contribution >= 0.6 is 7.82 Å². The van der Waals surface area contributed by atoms with Gasteiger partial charge < -0.3 is 41.5 Å². The second-order valence-corrected chi connectivity index (χ2v) is 1.34. The zero-order valence-electron chi connectivity index (χ0n) is 6.21. The molecule has 0 fully saturated rings. The largest absolute Gasteiger partial charge is 2.00 e. The molecule has 8 heteroatoms. The second-order valence-electron chi connectivity index (χ2n) is 0.447. The third-order valence-corrected chi connectivity index (χ3v) is 0. The number of hydrogen-bond donors (Lipinski definition) is 0. The van der Waals surface area contributed by atoms with Gasteiger partial charge in [0.2, 0.25) is 0 Å². The summed E-state index contributed by atoms with van der Waals surface area (Å²) in [5.41, 5.74) is 0. The molecule has 0 spiro atoms. The molecular formula is C3H9Mn3O4P. The first-order valence-electron chi connectivity index (χ1n) is 0.730. The van der Waals surface area contributed by atoms with E-state index in [4.69, 9.17) is 19.2 Å². The molecule has 0 saturated carbocycles. The maximum atomic E-state index is 8.55. The molecule has 0 unspecified atom stereocenters. The fraction of sp³-hybridized carbons (Fsp3) is 0. The van der Waals surface area contributed by atoms with Crippen molar-refractivity contribution in [3.05, 3.63) is 22.3 Å². The van der Waals surface area contributed by atoms with Gasteiger partial charge in [-0.1, -0.05) is 0 Å². The Morgan fingerprint density at radius 1 is 0.727 bits per heavy atom. The van der Waals surface area contributed by atoms with Gasteiger partial charge in [0.25, 0.3) is 0 Å². The molecule has 0 rings (SSSR count). The standard InChI is InChI=1S/3CH3.3Mn.H3O4P/c;;;;;;1-5(2,3)4/h3*1H3;;;;(H3,1,2,3,4)/q3*-1;3*+2;/p-3. The Morgan fingerprint density at radius 3 is 0.727 bits per heavy atom. The Bertz CT molecular complexity index is 66.7. The van der Waals surface area contributed by atoms with E-state index in [1.54, 1.807) is 0 Å². The molecule has 0 aromatic heterocycles. The van der Waals surface area contributed by atoms with E-state index in [0.717, 1.165) is 0 Å². The molecule has 0 aromatic rings. The van der Waals surface area contributed by atoms with Crippen LogP contribution in [0.15, 0.2) is 0 Å². The monoisotopic (exact) mass is 305 g/mol. The molecule has 4 nitrogen and oxygen atoms in total. The van der Waals surface area contributed by atoms with Crippen molar-refractivity contribution in [3.8, 4) is 0 Å². The SMILES string of the molecule is O=P([O-])([O-])[O-].[CH3-].[CH3-].[CH3-].[Mn+2].[Mn+2].[Mn+2]. The van der Waals surface area contributed by atoms with Gasteiger partial charge in [-0.15, -0.1) is 0 Å². The Morgan fingerprint density at radius 2 is 0.727 bits per heavy atom. The van der Waals surface area contributed by atoms with Gasteiger partial charge in [-0.25, -0.2) is 0 Å². The second kappa shape index (κ2) is 22.6. The van der Waals surface area contributed by atoms with Gasteiger partial charge in [-0.05, 0) is 0 Å². The van der Waals surface area contributed by atoms with E-state index in [9.17, 15) is 0 Å². The summed E-state index contributed by atoms with van der Waals surface area (Å²) in [5.74, 6) is 0. The normalized spacial score (nSPS) is 5.36. The summed E-state index contributed by atoms with van der Waals surface area (Å²) in [7, 11) is -5.39. The topological polar surface area (TPSA) is 86.2 Å². The zero-order valence-corrected chi connectivity index (χ0v) is 10.6. The molecule has 0 aliphatic heterocycles. The Kier molecular flexibility index (Phi) is 110. The molecule has 0 amide bonds. The summed E-state index contributed by atoms with van der Waals surface area (Å²) in [5, 5.41) is 0. The maximum Gasteiger partial charge on any atom is 2.00 e. The van der Waals surface area contributed by atoms with Crippen molar-refractivity contribution in [2.24, 2.45) is 0 Å². The summed E-state index contributed by atoms with van der Waals surface area (Å²) >= 11 is 0. The fourth-order valence-corrected chi connectivity index (χ4v) is 0. The van der Waals surface area contributed by atoms with Crippen LogP contribution < -0.4 is 14.7 Å². The van der Waals surface area contributed by atoms with Crippen LogP contribution in [0.25, 0.3) is 0 Å². The smallest absolute Gasteiger partial charge is 0.822 e. The summed E-state index contributed by atoms with van der Waals surface area (Å²) in [6.07, 6.45) is 0. The van der Waals surface area contributed by atoms with Gasteiger partial charge in [-0.2, -0.15) is 7.82 Å². The first kappa shape index (κ1) is 53.7. The first-order chi connectivity index (χ1) is 2.00. The molecule has 71 valence electrons. The third-order valence-electron chi connectivity index (χ3n) is 0. The van der Waals surface area contributed by atoms with Crippen molar-refractivity contribution < 1.29 is 70.5 Å². The Balaban J connectivity index is -0.00000000533. The predicted octanol–water partition coefficient (Wildman–Crippen LogP) is -1.48. The minimum atomic E-state index is -5.39. The van der Waals surface area contributed by atoms with E-state index in [1.807, 2.05) is 0 Å². The number of phosphoric acid groups is 1. The van der Waals surface area contributed by atoms with Crippen LogP contribution in [0.1, 0.15) is 0 Å². The van der Waals surface area contributed by atoms with Crippen LogP contribution in [0, 0.1) is 22.3 Å². The summed E-state index contributed by atoms with van der Waals surface area (Å²) in [6.45, 7) is 0. The van der Waals surface area contributed by atoms with Crippen molar-refractivity contribution in [3.63, 3.8) is 0 Å². The van der Waals surface area contributed by atoms with Crippen LogP contribution in [-0.2, 0) is 55.8 Å². The predicted molar refractivity (Wildman–Crippen MR) is 26.8 cm³/mol. The van der Waals surface area contributed by atoms with Crippen molar-refractivity contribution in [1.82, 2.24) is 0 Å². The molecule has 3 radical (unpaired) electrons. The van der Waals surface area contributed by atoms with Crippen LogP contribution in [0.5, 0.6) is 0 Å². The minimum Gasteiger partial charge on any atom is -0.822 e. The first-order valence-corrected chi connectivity index (χ1v) is 2.19. The van der Waals surface area contributed by atoms with Gasteiger partial charge in [0, 0.05) is 0 Å². The molecule has 0 saturated heterocycles. The molecule has 0 N–H and O–H groups in total. The number of rotatable bonds is 0. The molecule has 0 aliphatic carbocycles. The average molecular weight is 305 g/mol. The molecule has 0 atom stereocenters. The van der Waals surface area contributed by atoms with Gasteiger partial charge in [-0.3, -0.25) is 0 Å². The van der Waals surface area contributed by atoms with E-state index < -0.39 is 7.82 Å². The molecule has 0 aromatic carbocycles. The maximum absolute atomic E-state index is 8.55. The fourth-order valence-electron chi connectivity index (χ4n) is 0. The van der Waals surface area contributed by atoms with Crippen molar-refractivity contribution >= 4 is 7.82 Å². The van der Waals surface area contributed by atoms with E-state index in [1.165, 1.54) is 0 Å². The molecule has 0 bridgehead atoms. The van der Waals surface area contributed by atoms with Crippen LogP contribution in [0.2, 0.25) is 0 Å². The van der Waals surface area contributed by atoms with Crippen molar-refractivity contribution in [2.45, 2.75) is 0 Å². The zero-order chi connectivity index (χ0) is 4.50. The van der Waals surface area contributed by atoms with Gasteiger partial charge in [0.05, 0.1) is 0 Å². The van der Waals surface area contributed by atoms with Gasteiger partial charge >= 0.3 is 51.2 Å². The van der Waals surface area contributed by atoms with E-state index in [0.29, 0.717) is 0 Å². The van der Waals surface area contributed by atoms with Crippen LogP contribution in [0.4, 0.5) is 0 Å². The average Bonchev–Trinajstić information content (AvgIpc) is 0.722. The van der Waals surface area contributed by atoms with Crippen LogP contribution in [-0.4, -0.2) is 0 Å². The molecular weight excluding hydrogens is 296 g/mol. The summed E-state index contributed by atoms with van der Waals surface area (Å²) in [4.78, 5) is 25.6. The third kappa shape index (κ3) is 392. The van der Waals surface area contributed by atoms with E-state index in [-0.39, 0.29) is 73.5 Å². The minimum absolute atomic E-state index is 0. The summed E-state index contributed by atoms with van der Waals surface area (Å²) in [6, 6.07) is 0. The number of hydrogen-bond acceptors (Lipinski definition) is 4. The van der Waals surface area contributed by atoms with Crippen molar-refractivity contribution in [2.75, 3.05) is 0 Å². The Labute approximate surface area is 100 Å².